The van der Waals surface area contributed by atoms with Crippen LogP contribution in [-0.4, -0.2) is 12.1 Å². The minimum Gasteiger partial charge on any atom is -0.312 e. The van der Waals surface area contributed by atoms with E-state index in [2.05, 4.69) is 86.8 Å². The van der Waals surface area contributed by atoms with Crippen LogP contribution in [0.25, 0.3) is 0 Å². The van der Waals surface area contributed by atoms with Gasteiger partial charge in [-0.2, -0.15) is 0 Å². The molecular formula is C20H27N. The van der Waals surface area contributed by atoms with Crippen LogP contribution in [0.1, 0.15) is 31.9 Å². The molecule has 0 amide bonds. The molecule has 2 aromatic carbocycles. The van der Waals surface area contributed by atoms with Crippen molar-refractivity contribution in [2.75, 3.05) is 6.54 Å². The number of rotatable bonds is 6. The fourth-order valence-electron chi connectivity index (χ4n) is 2.56. The zero-order valence-corrected chi connectivity index (χ0v) is 13.5. The van der Waals surface area contributed by atoms with Gasteiger partial charge >= 0.3 is 0 Å². The fraction of sp³-hybridized carbons (Fsp3) is 0.400. The summed E-state index contributed by atoms with van der Waals surface area (Å²) in [6.07, 6.45) is 2.25. The molecule has 2 aromatic rings. The monoisotopic (exact) mass is 281 g/mol. The Morgan fingerprint density at radius 3 is 1.57 bits per heavy atom. The average Bonchev–Trinajstić information content (AvgIpc) is 2.46. The molecule has 0 aliphatic carbocycles. The molecule has 0 unspecified atom stereocenters. The van der Waals surface area contributed by atoms with Crippen LogP contribution in [0.5, 0.6) is 0 Å². The van der Waals surface area contributed by atoms with Crippen LogP contribution in [0, 0.1) is 5.92 Å². The first-order chi connectivity index (χ1) is 10.0. The highest BCUT2D eigenvalue weighted by Crippen LogP contribution is 2.15. The van der Waals surface area contributed by atoms with Crippen LogP contribution in [0.15, 0.2) is 60.7 Å². The number of hydrogen-bond donors (Lipinski definition) is 1. The van der Waals surface area contributed by atoms with E-state index in [1.54, 1.807) is 0 Å². The molecule has 0 atom stereocenters. The van der Waals surface area contributed by atoms with Gasteiger partial charge in [-0.25, -0.2) is 0 Å². The van der Waals surface area contributed by atoms with E-state index < -0.39 is 0 Å². The Labute approximate surface area is 129 Å². The molecule has 0 spiro atoms. The third-order valence-corrected chi connectivity index (χ3v) is 3.66. The molecule has 0 saturated heterocycles. The predicted molar refractivity (Wildman–Crippen MR) is 91.5 cm³/mol. The second kappa shape index (κ2) is 7.42. The molecule has 112 valence electrons. The van der Waals surface area contributed by atoms with E-state index >= 15 is 0 Å². The lowest BCUT2D eigenvalue weighted by atomic mass is 9.91. The molecule has 0 aromatic heterocycles. The molecule has 0 fully saturated rings. The van der Waals surface area contributed by atoms with Crippen molar-refractivity contribution in [2.24, 2.45) is 5.92 Å². The van der Waals surface area contributed by atoms with Crippen molar-refractivity contribution in [2.45, 2.75) is 39.2 Å². The third kappa shape index (κ3) is 6.14. The van der Waals surface area contributed by atoms with Crippen molar-refractivity contribution < 1.29 is 0 Å². The van der Waals surface area contributed by atoms with Gasteiger partial charge in [-0.3, -0.25) is 0 Å². The topological polar surface area (TPSA) is 12.0 Å². The summed E-state index contributed by atoms with van der Waals surface area (Å²) in [7, 11) is 0. The summed E-state index contributed by atoms with van der Waals surface area (Å²) in [4.78, 5) is 0. The van der Waals surface area contributed by atoms with Crippen LogP contribution in [0.4, 0.5) is 0 Å². The Morgan fingerprint density at radius 1 is 0.762 bits per heavy atom. The third-order valence-electron chi connectivity index (χ3n) is 3.66. The molecule has 0 heterocycles. The summed E-state index contributed by atoms with van der Waals surface area (Å²) in [6, 6.07) is 21.6. The first-order valence-corrected chi connectivity index (χ1v) is 7.86. The van der Waals surface area contributed by atoms with Crippen molar-refractivity contribution in [3.8, 4) is 0 Å². The second-order valence-electron chi connectivity index (χ2n) is 6.88. The van der Waals surface area contributed by atoms with E-state index in [9.17, 15) is 0 Å². The van der Waals surface area contributed by atoms with Crippen molar-refractivity contribution in [1.82, 2.24) is 5.32 Å². The maximum atomic E-state index is 3.66. The van der Waals surface area contributed by atoms with Gasteiger partial charge in [0, 0.05) is 5.54 Å². The summed E-state index contributed by atoms with van der Waals surface area (Å²) < 4.78 is 0. The quantitative estimate of drug-likeness (QED) is 0.823. The van der Waals surface area contributed by atoms with Gasteiger partial charge in [0.2, 0.25) is 0 Å². The largest absolute Gasteiger partial charge is 0.312 e. The molecular weight excluding hydrogens is 254 g/mol. The van der Waals surface area contributed by atoms with Gasteiger partial charge in [0.1, 0.15) is 0 Å². The highest BCUT2D eigenvalue weighted by molar-refractivity contribution is 5.18. The lowest BCUT2D eigenvalue weighted by molar-refractivity contribution is 0.367. The van der Waals surface area contributed by atoms with Crippen molar-refractivity contribution in [3.63, 3.8) is 0 Å². The van der Waals surface area contributed by atoms with E-state index in [1.807, 2.05) is 0 Å². The van der Waals surface area contributed by atoms with E-state index in [0.717, 1.165) is 19.4 Å². The summed E-state index contributed by atoms with van der Waals surface area (Å²) >= 11 is 0. The Balaban J connectivity index is 2.03. The van der Waals surface area contributed by atoms with E-state index in [4.69, 9.17) is 0 Å². The van der Waals surface area contributed by atoms with Crippen molar-refractivity contribution in [1.29, 1.82) is 0 Å². The van der Waals surface area contributed by atoms with E-state index in [0.29, 0.717) is 5.92 Å². The van der Waals surface area contributed by atoms with Crippen LogP contribution in [-0.2, 0) is 12.8 Å². The maximum absolute atomic E-state index is 3.66. The molecule has 0 aliphatic rings. The van der Waals surface area contributed by atoms with Gasteiger partial charge in [0.05, 0.1) is 0 Å². The minimum absolute atomic E-state index is 0.172. The summed E-state index contributed by atoms with van der Waals surface area (Å²) in [5, 5.41) is 3.66. The summed E-state index contributed by atoms with van der Waals surface area (Å²) in [5.41, 5.74) is 3.02. The Bertz CT molecular complexity index is 469. The Hall–Kier alpha value is -1.60. The van der Waals surface area contributed by atoms with Gasteiger partial charge in [-0.1, -0.05) is 60.7 Å². The molecule has 1 nitrogen and oxygen atoms in total. The molecule has 2 rings (SSSR count). The second-order valence-corrected chi connectivity index (χ2v) is 6.88. The number of benzene rings is 2. The fourth-order valence-corrected chi connectivity index (χ4v) is 2.56. The summed E-state index contributed by atoms with van der Waals surface area (Å²) in [5.74, 6) is 0.619. The van der Waals surface area contributed by atoms with E-state index in [1.165, 1.54) is 11.1 Å². The van der Waals surface area contributed by atoms with Crippen LogP contribution in [0.3, 0.4) is 0 Å². The average molecular weight is 281 g/mol. The maximum Gasteiger partial charge on any atom is 0.00966 e. The normalized spacial score (nSPS) is 11.8. The minimum atomic E-state index is 0.172. The Morgan fingerprint density at radius 2 is 1.19 bits per heavy atom. The van der Waals surface area contributed by atoms with Crippen LogP contribution in [0.2, 0.25) is 0 Å². The Kier molecular flexibility index (Phi) is 5.58. The molecule has 1 N–H and O–H groups in total. The molecule has 0 radical (unpaired) electrons. The molecule has 21 heavy (non-hydrogen) atoms. The molecule has 0 bridgehead atoms. The van der Waals surface area contributed by atoms with Crippen LogP contribution < -0.4 is 5.32 Å². The van der Waals surface area contributed by atoms with Crippen molar-refractivity contribution in [3.05, 3.63) is 71.8 Å². The zero-order valence-electron chi connectivity index (χ0n) is 13.5. The smallest absolute Gasteiger partial charge is 0.00966 e. The van der Waals surface area contributed by atoms with Gasteiger partial charge in [0.15, 0.2) is 0 Å². The van der Waals surface area contributed by atoms with Gasteiger partial charge in [0.25, 0.3) is 0 Å². The SMILES string of the molecule is CC(C)(C)NCC(Cc1ccccc1)Cc1ccccc1. The lowest BCUT2D eigenvalue weighted by Gasteiger charge is -2.25. The molecule has 0 aliphatic heterocycles. The van der Waals surface area contributed by atoms with Crippen molar-refractivity contribution >= 4 is 0 Å². The van der Waals surface area contributed by atoms with E-state index in [-0.39, 0.29) is 5.54 Å². The number of hydrogen-bond acceptors (Lipinski definition) is 1. The zero-order chi connectivity index (χ0) is 15.1. The predicted octanol–water partition coefficient (Wildman–Crippen LogP) is 4.48. The number of nitrogens with one attached hydrogen (secondary N) is 1. The van der Waals surface area contributed by atoms with Gasteiger partial charge in [-0.05, 0) is 57.2 Å². The summed E-state index contributed by atoms with van der Waals surface area (Å²) in [6.45, 7) is 7.74. The first-order valence-electron chi connectivity index (χ1n) is 7.86. The highest BCUT2D eigenvalue weighted by atomic mass is 14.9. The van der Waals surface area contributed by atoms with Gasteiger partial charge < -0.3 is 5.32 Å². The lowest BCUT2D eigenvalue weighted by Crippen LogP contribution is -2.40. The van der Waals surface area contributed by atoms with Gasteiger partial charge in [-0.15, -0.1) is 0 Å². The molecule has 0 saturated carbocycles. The molecule has 1 heteroatoms. The highest BCUT2D eigenvalue weighted by Gasteiger charge is 2.15. The standard InChI is InChI=1S/C20H27N/c1-20(2,3)21-16-19(14-17-10-6-4-7-11-17)15-18-12-8-5-9-13-18/h4-13,19,21H,14-16H2,1-3H3. The van der Waals surface area contributed by atoms with Crippen LogP contribution >= 0.6 is 0 Å². The first kappa shape index (κ1) is 15.8.